The molecule has 1 heterocycles. The van der Waals surface area contributed by atoms with E-state index in [1.165, 1.54) is 12.3 Å². The number of nitrogens with one attached hydrogen (secondary N) is 2. The smallest absolute Gasteiger partial charge is 0.253 e. The molecule has 6 nitrogen and oxygen atoms in total. The van der Waals surface area contributed by atoms with E-state index in [0.717, 1.165) is 0 Å². The Morgan fingerprint density at radius 2 is 2.05 bits per heavy atom. The molecular formula is C16H24N2O4. The normalized spacial score (nSPS) is 22.8. The Labute approximate surface area is 131 Å². The lowest BCUT2D eigenvalue weighted by molar-refractivity contribution is -0.303. The van der Waals surface area contributed by atoms with Crippen LogP contribution in [0.25, 0.3) is 0 Å². The van der Waals surface area contributed by atoms with Crippen LogP contribution in [0.4, 0.5) is 0 Å². The van der Waals surface area contributed by atoms with Crippen LogP contribution in [0.3, 0.4) is 0 Å². The number of ether oxygens (including phenoxy) is 2. The van der Waals surface area contributed by atoms with Crippen LogP contribution < -0.4 is 10.6 Å². The average molecular weight is 308 g/mol. The fourth-order valence-corrected chi connectivity index (χ4v) is 1.91. The van der Waals surface area contributed by atoms with E-state index in [9.17, 15) is 9.59 Å². The van der Waals surface area contributed by atoms with E-state index in [-0.39, 0.29) is 11.8 Å². The van der Waals surface area contributed by atoms with Crippen LogP contribution in [0.5, 0.6) is 0 Å². The maximum atomic E-state index is 12.2. The molecule has 0 saturated carbocycles. The van der Waals surface area contributed by atoms with Gasteiger partial charge < -0.3 is 20.1 Å². The molecule has 0 aliphatic carbocycles. The fourth-order valence-electron chi connectivity index (χ4n) is 1.91. The van der Waals surface area contributed by atoms with E-state index < -0.39 is 17.3 Å². The molecule has 22 heavy (non-hydrogen) atoms. The van der Waals surface area contributed by atoms with E-state index in [0.29, 0.717) is 19.6 Å². The van der Waals surface area contributed by atoms with Crippen LogP contribution in [0.15, 0.2) is 12.3 Å². The van der Waals surface area contributed by atoms with E-state index in [2.05, 4.69) is 16.6 Å². The SMILES string of the molecule is C#CCCNC(=O)C=CNC(=O)C1OC(C)(C)OCC1(C)C. The standard InChI is InChI=1S/C16H24N2O4/c1-6-7-9-17-12(19)8-10-18-14(20)13-15(2,3)11-21-16(4,5)22-13/h1,8,10,13H,7,9,11H2,2-5H3,(H,17,19)(H,18,20). The van der Waals surface area contributed by atoms with Crippen LogP contribution in [0.2, 0.25) is 0 Å². The lowest BCUT2D eigenvalue weighted by Crippen LogP contribution is -2.55. The minimum atomic E-state index is -0.812. The molecule has 1 atom stereocenters. The predicted octanol–water partition coefficient (Wildman–Crippen LogP) is 0.933. The number of carbonyl (C=O) groups excluding carboxylic acids is 2. The van der Waals surface area contributed by atoms with Crippen molar-refractivity contribution in [3.8, 4) is 12.3 Å². The predicted molar refractivity (Wildman–Crippen MR) is 82.4 cm³/mol. The molecule has 2 N–H and O–H groups in total. The van der Waals surface area contributed by atoms with Crippen molar-refractivity contribution in [2.75, 3.05) is 13.2 Å². The van der Waals surface area contributed by atoms with Crippen molar-refractivity contribution >= 4 is 11.8 Å². The Bertz CT molecular complexity index is 489. The van der Waals surface area contributed by atoms with Gasteiger partial charge in [-0.25, -0.2) is 0 Å². The average Bonchev–Trinajstić information content (AvgIpc) is 2.42. The highest BCUT2D eigenvalue weighted by molar-refractivity contribution is 5.89. The van der Waals surface area contributed by atoms with Crippen molar-refractivity contribution in [1.29, 1.82) is 0 Å². The van der Waals surface area contributed by atoms with Crippen LogP contribution >= 0.6 is 0 Å². The Morgan fingerprint density at radius 3 is 2.68 bits per heavy atom. The number of terminal acetylenes is 1. The molecule has 1 saturated heterocycles. The summed E-state index contributed by atoms with van der Waals surface area (Å²) in [6, 6.07) is 0. The first-order valence-electron chi connectivity index (χ1n) is 7.18. The summed E-state index contributed by atoms with van der Waals surface area (Å²) < 4.78 is 11.3. The van der Waals surface area contributed by atoms with Crippen molar-refractivity contribution in [1.82, 2.24) is 10.6 Å². The summed E-state index contributed by atoms with van der Waals surface area (Å²) in [6.07, 6.45) is 7.43. The van der Waals surface area contributed by atoms with Crippen molar-refractivity contribution in [2.24, 2.45) is 5.41 Å². The maximum absolute atomic E-state index is 12.2. The third kappa shape index (κ3) is 5.51. The summed E-state index contributed by atoms with van der Waals surface area (Å²) in [5, 5.41) is 5.16. The molecule has 122 valence electrons. The monoisotopic (exact) mass is 308 g/mol. The van der Waals surface area contributed by atoms with Gasteiger partial charge in [0, 0.05) is 30.7 Å². The quantitative estimate of drug-likeness (QED) is 0.450. The van der Waals surface area contributed by atoms with Crippen LogP contribution in [0, 0.1) is 17.8 Å². The van der Waals surface area contributed by atoms with Crippen molar-refractivity contribution in [3.05, 3.63) is 12.3 Å². The fraction of sp³-hybridized carbons (Fsp3) is 0.625. The van der Waals surface area contributed by atoms with Crippen LogP contribution in [-0.2, 0) is 19.1 Å². The van der Waals surface area contributed by atoms with Gasteiger partial charge in [0.2, 0.25) is 5.91 Å². The summed E-state index contributed by atoms with van der Waals surface area (Å²) in [6.45, 7) is 8.12. The number of hydrogen-bond acceptors (Lipinski definition) is 4. The molecular weight excluding hydrogens is 284 g/mol. The minimum Gasteiger partial charge on any atom is -0.352 e. The molecule has 1 unspecified atom stereocenters. The molecule has 1 aliphatic heterocycles. The van der Waals surface area contributed by atoms with Gasteiger partial charge >= 0.3 is 0 Å². The zero-order valence-electron chi connectivity index (χ0n) is 13.6. The van der Waals surface area contributed by atoms with E-state index >= 15 is 0 Å². The van der Waals surface area contributed by atoms with Gasteiger partial charge in [0.05, 0.1) is 6.61 Å². The molecule has 2 amide bonds. The van der Waals surface area contributed by atoms with Crippen molar-refractivity contribution < 1.29 is 19.1 Å². The van der Waals surface area contributed by atoms with E-state index in [1.807, 2.05) is 13.8 Å². The zero-order valence-corrected chi connectivity index (χ0v) is 13.6. The summed E-state index contributed by atoms with van der Waals surface area (Å²) in [5.41, 5.74) is -0.456. The third-order valence-corrected chi connectivity index (χ3v) is 3.17. The summed E-state index contributed by atoms with van der Waals surface area (Å²) in [4.78, 5) is 23.7. The Morgan fingerprint density at radius 1 is 1.36 bits per heavy atom. The molecule has 1 fully saturated rings. The first-order chi connectivity index (χ1) is 10.2. The van der Waals surface area contributed by atoms with Gasteiger partial charge in [-0.3, -0.25) is 9.59 Å². The second-order valence-electron chi connectivity index (χ2n) is 6.26. The van der Waals surface area contributed by atoms with Gasteiger partial charge in [-0.05, 0) is 13.8 Å². The van der Waals surface area contributed by atoms with Gasteiger partial charge in [-0.2, -0.15) is 0 Å². The Kier molecular flexibility index (Phi) is 6.15. The van der Waals surface area contributed by atoms with E-state index in [1.54, 1.807) is 13.8 Å². The summed E-state index contributed by atoms with van der Waals surface area (Å²) >= 11 is 0. The zero-order chi connectivity index (χ0) is 16.8. The second-order valence-corrected chi connectivity index (χ2v) is 6.26. The lowest BCUT2D eigenvalue weighted by Gasteiger charge is -2.44. The highest BCUT2D eigenvalue weighted by Gasteiger charge is 2.45. The Hall–Kier alpha value is -1.84. The molecule has 0 radical (unpaired) electrons. The molecule has 1 rings (SSSR count). The molecule has 0 bridgehead atoms. The number of hydrogen-bond donors (Lipinski definition) is 2. The molecule has 0 aromatic carbocycles. The van der Waals surface area contributed by atoms with Crippen LogP contribution in [-0.4, -0.2) is 36.9 Å². The number of amides is 2. The summed E-state index contributed by atoms with van der Waals surface area (Å²) in [5.74, 6) is 0.981. The number of rotatable bonds is 5. The largest absolute Gasteiger partial charge is 0.352 e. The molecule has 0 spiro atoms. The minimum absolute atomic E-state index is 0.311. The van der Waals surface area contributed by atoms with Crippen molar-refractivity contribution in [3.63, 3.8) is 0 Å². The first kappa shape index (κ1) is 18.2. The topological polar surface area (TPSA) is 76.7 Å². The third-order valence-electron chi connectivity index (χ3n) is 3.17. The first-order valence-corrected chi connectivity index (χ1v) is 7.18. The lowest BCUT2D eigenvalue weighted by atomic mass is 9.85. The van der Waals surface area contributed by atoms with Crippen molar-refractivity contribution in [2.45, 2.75) is 46.0 Å². The molecule has 0 aromatic rings. The molecule has 0 aromatic heterocycles. The molecule has 6 heteroatoms. The van der Waals surface area contributed by atoms with Gasteiger partial charge in [0.15, 0.2) is 5.79 Å². The highest BCUT2D eigenvalue weighted by Crippen LogP contribution is 2.34. The van der Waals surface area contributed by atoms with E-state index in [4.69, 9.17) is 15.9 Å². The van der Waals surface area contributed by atoms with Crippen LogP contribution in [0.1, 0.15) is 34.1 Å². The number of carbonyl (C=O) groups is 2. The second kappa shape index (κ2) is 7.43. The molecule has 1 aliphatic rings. The maximum Gasteiger partial charge on any atom is 0.253 e. The summed E-state index contributed by atoms with van der Waals surface area (Å²) in [7, 11) is 0. The van der Waals surface area contributed by atoms with Gasteiger partial charge in [-0.1, -0.05) is 13.8 Å². The van der Waals surface area contributed by atoms with Gasteiger partial charge in [0.25, 0.3) is 5.91 Å². The van der Waals surface area contributed by atoms with Gasteiger partial charge in [-0.15, -0.1) is 12.3 Å². The van der Waals surface area contributed by atoms with Gasteiger partial charge in [0.1, 0.15) is 6.10 Å². The Balaban J connectivity index is 2.53. The highest BCUT2D eigenvalue weighted by atomic mass is 16.7.